The van der Waals surface area contributed by atoms with Crippen LogP contribution in [0.1, 0.15) is 51.9 Å². The van der Waals surface area contributed by atoms with Gasteiger partial charge in [0.05, 0.1) is 7.11 Å². The van der Waals surface area contributed by atoms with Crippen molar-refractivity contribution in [2.75, 3.05) is 25.7 Å². The molecule has 2 amide bonds. The molecule has 2 heterocycles. The summed E-state index contributed by atoms with van der Waals surface area (Å²) in [5.74, 6) is 2.84. The fraction of sp³-hybridized carbons (Fsp3) is 0.706. The van der Waals surface area contributed by atoms with Crippen LogP contribution in [-0.2, 0) is 19.2 Å². The van der Waals surface area contributed by atoms with Crippen LogP contribution in [0.3, 0.4) is 0 Å². The summed E-state index contributed by atoms with van der Waals surface area (Å²) in [6, 6.07) is 0. The number of aldehydes is 1. The minimum atomic E-state index is 0.00231. The summed E-state index contributed by atoms with van der Waals surface area (Å²) in [4.78, 5) is 33.6. The average molecular weight is 378 g/mol. The van der Waals surface area contributed by atoms with Gasteiger partial charge in [0.2, 0.25) is 6.41 Å². The molecule has 0 aromatic rings. The molecule has 0 unspecified atom stereocenters. The van der Waals surface area contributed by atoms with Gasteiger partial charge in [-0.1, -0.05) is 19.9 Å². The number of rotatable bonds is 4. The van der Waals surface area contributed by atoms with Crippen LogP contribution in [0.15, 0.2) is 12.3 Å². The molecule has 2 fully saturated rings. The molecule has 0 atom stereocenters. The Morgan fingerprint density at radius 1 is 1.24 bits per heavy atom. The van der Waals surface area contributed by atoms with Crippen molar-refractivity contribution in [2.24, 2.45) is 11.5 Å². The highest BCUT2D eigenvalue weighted by molar-refractivity contribution is 7.99. The zero-order valence-electron chi connectivity index (χ0n) is 15.9. The molecule has 0 aliphatic carbocycles. The SMILES string of the molecule is C1CCSC1.C=C1CCC(=O)N1OC.CCCCC=O.CN.NC=O. The Morgan fingerprint density at radius 3 is 1.92 bits per heavy atom. The zero-order chi connectivity index (χ0) is 19.9. The van der Waals surface area contributed by atoms with Crippen LogP contribution in [0.2, 0.25) is 0 Å². The number of carbonyl (C=O) groups is 3. The summed E-state index contributed by atoms with van der Waals surface area (Å²) in [6.45, 7) is 5.71. The van der Waals surface area contributed by atoms with Crippen molar-refractivity contribution < 1.29 is 19.2 Å². The maximum Gasteiger partial charge on any atom is 0.250 e. The minimum Gasteiger partial charge on any atom is -0.372 e. The molecular formula is C17H35N3O4S. The lowest BCUT2D eigenvalue weighted by molar-refractivity contribution is -0.159. The summed E-state index contributed by atoms with van der Waals surface area (Å²) >= 11 is 2.07. The number of allylic oxidation sites excluding steroid dienone is 1. The molecule has 8 heteroatoms. The third-order valence-electron chi connectivity index (χ3n) is 2.83. The van der Waals surface area contributed by atoms with Gasteiger partial charge in [-0.25, -0.2) is 0 Å². The predicted molar refractivity (Wildman–Crippen MR) is 105 cm³/mol. The van der Waals surface area contributed by atoms with Gasteiger partial charge in [0.1, 0.15) is 6.29 Å². The summed E-state index contributed by atoms with van der Waals surface area (Å²) in [5.41, 5.74) is 9.42. The van der Waals surface area contributed by atoms with Crippen molar-refractivity contribution in [3.63, 3.8) is 0 Å². The smallest absolute Gasteiger partial charge is 0.250 e. The molecule has 2 aliphatic rings. The van der Waals surface area contributed by atoms with E-state index in [9.17, 15) is 9.59 Å². The molecule has 148 valence electrons. The first-order valence-corrected chi connectivity index (χ1v) is 9.53. The topological polar surface area (TPSA) is 116 Å². The van der Waals surface area contributed by atoms with Crippen LogP contribution in [-0.4, -0.2) is 49.3 Å². The Kier molecular flexibility index (Phi) is 28.3. The van der Waals surface area contributed by atoms with Gasteiger partial charge in [0, 0.05) is 18.5 Å². The van der Waals surface area contributed by atoms with Crippen LogP contribution >= 0.6 is 11.8 Å². The Balaban J connectivity index is -0.000000266. The number of nitrogens with two attached hydrogens (primary N) is 2. The standard InChI is InChI=1S/C6H9NO2.C5H10O.C4H8S.CH3NO.CH5N/c1-5-3-4-6(8)7(5)9-2;1-2-3-4-5-6;1-2-4-5-3-1;2-1-3;1-2/h1,3-4H2,2H3;5H,2-4H2,1H3;1-4H2;1H,(H2,2,3);2H2,1H3. The van der Waals surface area contributed by atoms with Gasteiger partial charge in [-0.05, 0) is 44.2 Å². The van der Waals surface area contributed by atoms with E-state index in [2.05, 4.69) is 36.7 Å². The Morgan fingerprint density at radius 2 is 1.76 bits per heavy atom. The van der Waals surface area contributed by atoms with Gasteiger partial charge in [-0.2, -0.15) is 16.8 Å². The lowest BCUT2D eigenvalue weighted by Gasteiger charge is -2.11. The molecule has 0 radical (unpaired) electrons. The first-order chi connectivity index (χ1) is 12.1. The lowest BCUT2D eigenvalue weighted by Crippen LogP contribution is -2.20. The number of carbonyl (C=O) groups excluding carboxylic acids is 3. The van der Waals surface area contributed by atoms with E-state index in [1.165, 1.54) is 43.6 Å². The summed E-state index contributed by atoms with van der Waals surface area (Å²) in [5, 5.41) is 1.24. The summed E-state index contributed by atoms with van der Waals surface area (Å²) in [6.07, 6.45) is 8.30. The fourth-order valence-electron chi connectivity index (χ4n) is 1.66. The monoisotopic (exact) mass is 377 g/mol. The highest BCUT2D eigenvalue weighted by Gasteiger charge is 2.23. The first-order valence-electron chi connectivity index (χ1n) is 8.38. The molecule has 0 aromatic carbocycles. The third-order valence-corrected chi connectivity index (χ3v) is 3.98. The van der Waals surface area contributed by atoms with Crippen LogP contribution in [0.5, 0.6) is 0 Å². The molecule has 2 aliphatic heterocycles. The highest BCUT2D eigenvalue weighted by Crippen LogP contribution is 2.19. The van der Waals surface area contributed by atoms with Crippen molar-refractivity contribution in [3.8, 4) is 0 Å². The number of unbranched alkanes of at least 4 members (excludes halogenated alkanes) is 2. The first kappa shape index (κ1) is 28.4. The molecule has 0 aromatic heterocycles. The fourth-order valence-corrected chi connectivity index (χ4v) is 2.68. The van der Waals surface area contributed by atoms with E-state index in [-0.39, 0.29) is 12.3 Å². The second-order valence-electron chi connectivity index (χ2n) is 4.70. The maximum absolute atomic E-state index is 10.8. The van der Waals surface area contributed by atoms with Gasteiger partial charge in [0.15, 0.2) is 0 Å². The van der Waals surface area contributed by atoms with Crippen molar-refractivity contribution in [1.82, 2.24) is 5.06 Å². The summed E-state index contributed by atoms with van der Waals surface area (Å²) < 4.78 is 0. The van der Waals surface area contributed by atoms with Gasteiger partial charge in [0.25, 0.3) is 5.91 Å². The van der Waals surface area contributed by atoms with E-state index < -0.39 is 0 Å². The molecular weight excluding hydrogens is 342 g/mol. The molecule has 0 bridgehead atoms. The molecule has 4 N–H and O–H groups in total. The number of amides is 2. The number of primary amides is 1. The van der Waals surface area contributed by atoms with E-state index in [1.807, 2.05) is 0 Å². The van der Waals surface area contributed by atoms with E-state index in [0.717, 1.165) is 37.7 Å². The number of thioether (sulfide) groups is 1. The third kappa shape index (κ3) is 20.6. The quantitative estimate of drug-likeness (QED) is 0.573. The van der Waals surface area contributed by atoms with E-state index >= 15 is 0 Å². The number of hydrogen-bond donors (Lipinski definition) is 2. The van der Waals surface area contributed by atoms with Crippen molar-refractivity contribution in [3.05, 3.63) is 12.3 Å². The van der Waals surface area contributed by atoms with Gasteiger partial charge in [-0.15, -0.1) is 0 Å². The average Bonchev–Trinajstić information content (AvgIpc) is 3.30. The maximum atomic E-state index is 10.8. The largest absolute Gasteiger partial charge is 0.372 e. The Bertz CT molecular complexity index is 314. The van der Waals surface area contributed by atoms with Gasteiger partial charge >= 0.3 is 0 Å². The molecule has 2 rings (SSSR count). The Labute approximate surface area is 156 Å². The van der Waals surface area contributed by atoms with Crippen LogP contribution in [0.25, 0.3) is 0 Å². The van der Waals surface area contributed by atoms with Gasteiger partial charge in [-0.3, -0.25) is 14.4 Å². The lowest BCUT2D eigenvalue weighted by atomic mass is 10.3. The Hall–Kier alpha value is -1.38. The highest BCUT2D eigenvalue weighted by atomic mass is 32.2. The number of hydroxylamine groups is 2. The number of hydrogen-bond acceptors (Lipinski definition) is 6. The van der Waals surface area contributed by atoms with Crippen LogP contribution in [0.4, 0.5) is 0 Å². The normalized spacial score (nSPS) is 14.5. The van der Waals surface area contributed by atoms with E-state index in [0.29, 0.717) is 6.42 Å². The molecule has 0 spiro atoms. The minimum absolute atomic E-state index is 0.00231. The van der Waals surface area contributed by atoms with Crippen LogP contribution < -0.4 is 11.5 Å². The van der Waals surface area contributed by atoms with E-state index in [4.69, 9.17) is 9.63 Å². The van der Waals surface area contributed by atoms with Crippen molar-refractivity contribution in [2.45, 2.75) is 51.9 Å². The molecule has 25 heavy (non-hydrogen) atoms. The molecule has 0 saturated carbocycles. The second-order valence-corrected chi connectivity index (χ2v) is 5.93. The van der Waals surface area contributed by atoms with E-state index in [1.54, 1.807) is 0 Å². The van der Waals surface area contributed by atoms with Crippen molar-refractivity contribution in [1.29, 1.82) is 0 Å². The second kappa shape index (κ2) is 24.9. The van der Waals surface area contributed by atoms with Crippen molar-refractivity contribution >= 4 is 30.4 Å². The zero-order valence-corrected chi connectivity index (χ0v) is 16.7. The van der Waals surface area contributed by atoms with Crippen LogP contribution in [0, 0.1) is 0 Å². The molecule has 7 nitrogen and oxygen atoms in total. The number of nitrogens with zero attached hydrogens (tertiary/aromatic N) is 1. The molecule has 2 saturated heterocycles. The summed E-state index contributed by atoms with van der Waals surface area (Å²) in [7, 11) is 2.97. The predicted octanol–water partition coefficient (Wildman–Crippen LogP) is 2.25. The van der Waals surface area contributed by atoms with Gasteiger partial charge < -0.3 is 16.3 Å².